The maximum Gasteiger partial charge on any atom is 0.130 e. The minimum absolute atomic E-state index is 0.461. The summed E-state index contributed by atoms with van der Waals surface area (Å²) in [6.07, 6.45) is 3.65. The molecule has 2 aliphatic rings. The molecule has 2 unspecified atom stereocenters. The zero-order valence-electron chi connectivity index (χ0n) is 13.9. The van der Waals surface area contributed by atoms with Crippen LogP contribution in [0, 0.1) is 11.3 Å². The predicted octanol–water partition coefficient (Wildman–Crippen LogP) is 3.82. The van der Waals surface area contributed by atoms with E-state index >= 15 is 0 Å². The molecule has 0 N–H and O–H groups in total. The predicted molar refractivity (Wildman–Crippen MR) is 97.5 cm³/mol. The van der Waals surface area contributed by atoms with Crippen molar-refractivity contribution in [3.05, 3.63) is 34.9 Å². The van der Waals surface area contributed by atoms with Crippen molar-refractivity contribution in [3.63, 3.8) is 0 Å². The van der Waals surface area contributed by atoms with Crippen LogP contribution in [0.1, 0.15) is 31.7 Å². The molecule has 0 spiro atoms. The Morgan fingerprint density at radius 1 is 1.33 bits per heavy atom. The van der Waals surface area contributed by atoms with E-state index in [1.54, 1.807) is 0 Å². The summed E-state index contributed by atoms with van der Waals surface area (Å²) >= 11 is 6.09. The van der Waals surface area contributed by atoms with Crippen molar-refractivity contribution in [2.24, 2.45) is 0 Å². The van der Waals surface area contributed by atoms with Crippen LogP contribution in [0.25, 0.3) is 10.9 Å². The maximum absolute atomic E-state index is 9.58. The van der Waals surface area contributed by atoms with Gasteiger partial charge in [0.2, 0.25) is 0 Å². The van der Waals surface area contributed by atoms with Crippen LogP contribution in [0.4, 0.5) is 5.82 Å². The number of benzene rings is 1. The normalized spacial score (nSPS) is 24.1. The summed E-state index contributed by atoms with van der Waals surface area (Å²) < 4.78 is 0. The molecule has 24 heavy (non-hydrogen) atoms. The van der Waals surface area contributed by atoms with Crippen molar-refractivity contribution in [2.75, 3.05) is 24.5 Å². The number of aromatic nitrogens is 1. The first-order chi connectivity index (χ1) is 11.7. The highest BCUT2D eigenvalue weighted by atomic mass is 35.5. The zero-order chi connectivity index (χ0) is 16.7. The van der Waals surface area contributed by atoms with Crippen molar-refractivity contribution in [2.45, 2.75) is 38.3 Å². The lowest BCUT2D eigenvalue weighted by atomic mass is 10.0. The average molecular weight is 341 g/mol. The van der Waals surface area contributed by atoms with Gasteiger partial charge in [0.25, 0.3) is 0 Å². The first kappa shape index (κ1) is 15.7. The van der Waals surface area contributed by atoms with Crippen LogP contribution in [0.15, 0.2) is 24.3 Å². The molecule has 0 bridgehead atoms. The Morgan fingerprint density at radius 2 is 2.21 bits per heavy atom. The third-order valence-corrected chi connectivity index (χ3v) is 5.67. The van der Waals surface area contributed by atoms with E-state index in [1.165, 1.54) is 19.4 Å². The molecule has 4 rings (SSSR count). The van der Waals surface area contributed by atoms with Crippen LogP contribution >= 0.6 is 11.6 Å². The molecule has 2 aliphatic heterocycles. The van der Waals surface area contributed by atoms with Crippen LogP contribution in [-0.4, -0.2) is 41.6 Å². The minimum atomic E-state index is 0.461. The fraction of sp³-hybridized carbons (Fsp3) is 0.474. The fourth-order valence-corrected chi connectivity index (χ4v) is 4.31. The van der Waals surface area contributed by atoms with Gasteiger partial charge in [-0.1, -0.05) is 18.5 Å². The Kier molecular flexibility index (Phi) is 4.07. The van der Waals surface area contributed by atoms with E-state index in [1.807, 2.05) is 24.3 Å². The number of fused-ring (bicyclic) bond motifs is 2. The largest absolute Gasteiger partial charge is 0.351 e. The van der Waals surface area contributed by atoms with Crippen molar-refractivity contribution in [3.8, 4) is 6.07 Å². The van der Waals surface area contributed by atoms with Gasteiger partial charge >= 0.3 is 0 Å². The molecule has 0 amide bonds. The van der Waals surface area contributed by atoms with Gasteiger partial charge in [0, 0.05) is 35.6 Å². The Labute approximate surface area is 147 Å². The summed E-state index contributed by atoms with van der Waals surface area (Å²) in [5.41, 5.74) is 1.50. The third kappa shape index (κ3) is 2.62. The molecule has 5 heteroatoms. The topological polar surface area (TPSA) is 43.2 Å². The minimum Gasteiger partial charge on any atom is -0.351 e. The van der Waals surface area contributed by atoms with Crippen molar-refractivity contribution in [1.82, 2.24) is 9.88 Å². The van der Waals surface area contributed by atoms with Gasteiger partial charge in [0.15, 0.2) is 0 Å². The summed E-state index contributed by atoms with van der Waals surface area (Å²) in [7, 11) is 0. The number of pyridine rings is 1. The first-order valence-electron chi connectivity index (χ1n) is 8.70. The molecular formula is C19H21ClN4. The standard InChI is InChI=1S/C19H21ClN4/c1-2-15-11-23-7-3-4-16(23)12-24(15)19-8-13(10-21)17-9-14(20)5-6-18(17)22-19/h5-6,8-9,15-16H,2-4,7,11-12H2,1H3. The second-order valence-electron chi connectivity index (χ2n) is 6.81. The SMILES string of the molecule is CCC1CN2CCCC2CN1c1cc(C#N)c2cc(Cl)ccc2n1. The summed E-state index contributed by atoms with van der Waals surface area (Å²) in [5.74, 6) is 0.930. The third-order valence-electron chi connectivity index (χ3n) is 5.44. The summed E-state index contributed by atoms with van der Waals surface area (Å²) in [5, 5.41) is 11.0. The zero-order valence-corrected chi connectivity index (χ0v) is 14.6. The molecule has 0 saturated carbocycles. The second-order valence-corrected chi connectivity index (χ2v) is 7.24. The molecule has 1 aromatic heterocycles. The first-order valence-corrected chi connectivity index (χ1v) is 9.08. The highest BCUT2D eigenvalue weighted by Crippen LogP contribution is 2.31. The molecule has 124 valence electrons. The van der Waals surface area contributed by atoms with E-state index in [2.05, 4.69) is 22.8 Å². The molecule has 2 aromatic rings. The second kappa shape index (κ2) is 6.23. The van der Waals surface area contributed by atoms with E-state index in [9.17, 15) is 5.26 Å². The number of anilines is 1. The van der Waals surface area contributed by atoms with Gasteiger partial charge in [-0.05, 0) is 50.1 Å². The molecule has 0 radical (unpaired) electrons. The molecule has 4 nitrogen and oxygen atoms in total. The summed E-state index contributed by atoms with van der Waals surface area (Å²) in [6, 6.07) is 10.9. The number of hydrogen-bond donors (Lipinski definition) is 0. The highest BCUT2D eigenvalue weighted by Gasteiger charge is 2.36. The van der Waals surface area contributed by atoms with E-state index in [0.29, 0.717) is 22.7 Å². The Hall–Kier alpha value is -1.83. The lowest BCUT2D eigenvalue weighted by molar-refractivity contribution is 0.194. The molecule has 2 fully saturated rings. The highest BCUT2D eigenvalue weighted by molar-refractivity contribution is 6.31. The number of piperazine rings is 1. The number of halogens is 1. The van der Waals surface area contributed by atoms with Gasteiger partial charge in [-0.3, -0.25) is 4.90 Å². The Morgan fingerprint density at radius 3 is 3.00 bits per heavy atom. The van der Waals surface area contributed by atoms with Gasteiger partial charge in [-0.2, -0.15) is 5.26 Å². The summed E-state index contributed by atoms with van der Waals surface area (Å²) in [6.45, 7) is 5.57. The number of nitriles is 1. The smallest absolute Gasteiger partial charge is 0.130 e. The van der Waals surface area contributed by atoms with Crippen molar-refractivity contribution >= 4 is 28.3 Å². The molecule has 2 atom stereocenters. The van der Waals surface area contributed by atoms with Crippen LogP contribution in [0.3, 0.4) is 0 Å². The fourth-order valence-electron chi connectivity index (χ4n) is 4.14. The van der Waals surface area contributed by atoms with Crippen molar-refractivity contribution < 1.29 is 0 Å². The van der Waals surface area contributed by atoms with Crippen LogP contribution in [0.2, 0.25) is 5.02 Å². The van der Waals surface area contributed by atoms with Crippen LogP contribution < -0.4 is 4.90 Å². The monoisotopic (exact) mass is 340 g/mol. The quantitative estimate of drug-likeness (QED) is 0.833. The molecule has 1 aromatic carbocycles. The van der Waals surface area contributed by atoms with E-state index < -0.39 is 0 Å². The molecular weight excluding hydrogens is 320 g/mol. The lowest BCUT2D eigenvalue weighted by Crippen LogP contribution is -2.56. The molecule has 0 aliphatic carbocycles. The number of hydrogen-bond acceptors (Lipinski definition) is 4. The Bertz CT molecular complexity index is 813. The number of nitrogens with zero attached hydrogens (tertiary/aromatic N) is 4. The molecule has 2 saturated heterocycles. The van der Waals surface area contributed by atoms with Gasteiger partial charge in [0.05, 0.1) is 17.1 Å². The summed E-state index contributed by atoms with van der Waals surface area (Å²) in [4.78, 5) is 9.90. The average Bonchev–Trinajstić information content (AvgIpc) is 3.07. The van der Waals surface area contributed by atoms with Crippen LogP contribution in [-0.2, 0) is 0 Å². The van der Waals surface area contributed by atoms with Crippen LogP contribution in [0.5, 0.6) is 0 Å². The van der Waals surface area contributed by atoms with Gasteiger partial charge in [0.1, 0.15) is 5.82 Å². The van der Waals surface area contributed by atoms with E-state index in [-0.39, 0.29) is 0 Å². The number of rotatable bonds is 2. The molecule has 3 heterocycles. The van der Waals surface area contributed by atoms with Gasteiger partial charge in [-0.25, -0.2) is 4.98 Å². The van der Waals surface area contributed by atoms with Gasteiger partial charge < -0.3 is 4.90 Å². The Balaban J connectivity index is 1.77. The van der Waals surface area contributed by atoms with E-state index in [4.69, 9.17) is 16.6 Å². The maximum atomic E-state index is 9.58. The van der Waals surface area contributed by atoms with Crippen molar-refractivity contribution in [1.29, 1.82) is 5.26 Å². The van der Waals surface area contributed by atoms with E-state index in [0.717, 1.165) is 36.2 Å². The van der Waals surface area contributed by atoms with Gasteiger partial charge in [-0.15, -0.1) is 0 Å². The lowest BCUT2D eigenvalue weighted by Gasteiger charge is -2.44.